The van der Waals surface area contributed by atoms with E-state index in [2.05, 4.69) is 0 Å². The smallest absolute Gasteiger partial charge is 0.371 e. The van der Waals surface area contributed by atoms with Crippen LogP contribution in [0.2, 0.25) is 0 Å². The quantitative estimate of drug-likeness (QED) is 0.754. The molecule has 0 radical (unpaired) electrons. The third-order valence-corrected chi connectivity index (χ3v) is 2.28. The number of halogens is 3. The highest BCUT2D eigenvalue weighted by atomic mass is 19.4. The Morgan fingerprint density at radius 3 is 2.18 bits per heavy atom. The van der Waals surface area contributed by atoms with Crippen molar-refractivity contribution < 1.29 is 17.9 Å². The summed E-state index contributed by atoms with van der Waals surface area (Å²) >= 11 is 0. The summed E-state index contributed by atoms with van der Waals surface area (Å²) in [5, 5.41) is 0. The average molecular weight is 246 g/mol. The lowest BCUT2D eigenvalue weighted by Gasteiger charge is -2.20. The van der Waals surface area contributed by atoms with E-state index in [9.17, 15) is 13.2 Å². The highest BCUT2D eigenvalue weighted by Crippen LogP contribution is 2.32. The predicted molar refractivity (Wildman–Crippen MR) is 60.7 cm³/mol. The third-order valence-electron chi connectivity index (χ3n) is 2.28. The van der Waals surface area contributed by atoms with E-state index in [0.717, 1.165) is 6.07 Å². The van der Waals surface area contributed by atoms with Crippen LogP contribution in [0.25, 0.3) is 0 Å². The summed E-state index contributed by atoms with van der Waals surface area (Å²) in [6.07, 6.45) is -4.30. The normalized spacial score (nSPS) is 12.9. The first-order valence-corrected chi connectivity index (χ1v) is 5.40. The molecular formula is C13H17F3O. The van der Waals surface area contributed by atoms with Gasteiger partial charge < -0.3 is 4.74 Å². The lowest BCUT2D eigenvalue weighted by molar-refractivity contribution is -0.138. The van der Waals surface area contributed by atoms with E-state index >= 15 is 0 Å². The lowest BCUT2D eigenvalue weighted by atomic mass is 10.0. The van der Waals surface area contributed by atoms with Crippen LogP contribution in [0.4, 0.5) is 13.2 Å². The third kappa shape index (κ3) is 4.38. The van der Waals surface area contributed by atoms with E-state index in [1.807, 2.05) is 20.8 Å². The summed E-state index contributed by atoms with van der Waals surface area (Å²) in [6.45, 7) is 7.24. The summed E-state index contributed by atoms with van der Waals surface area (Å²) in [5.41, 5.74) is -0.175. The summed E-state index contributed by atoms with van der Waals surface area (Å²) in [5.74, 6) is 0. The second-order valence-electron chi connectivity index (χ2n) is 5.05. The summed E-state index contributed by atoms with van der Waals surface area (Å²) < 4.78 is 43.4. The van der Waals surface area contributed by atoms with Crippen LogP contribution in [0.5, 0.6) is 0 Å². The van der Waals surface area contributed by atoms with Crippen LogP contribution in [0.1, 0.15) is 37.5 Å². The fourth-order valence-electron chi connectivity index (χ4n) is 1.36. The van der Waals surface area contributed by atoms with Crippen LogP contribution in [0, 0.1) is 6.92 Å². The van der Waals surface area contributed by atoms with E-state index in [4.69, 9.17) is 4.74 Å². The van der Waals surface area contributed by atoms with E-state index < -0.39 is 11.7 Å². The number of hydrogen-bond donors (Lipinski definition) is 0. The van der Waals surface area contributed by atoms with E-state index in [1.165, 1.54) is 13.0 Å². The van der Waals surface area contributed by atoms with Crippen LogP contribution in [-0.2, 0) is 17.5 Å². The molecule has 0 spiro atoms. The van der Waals surface area contributed by atoms with E-state index in [1.54, 1.807) is 6.07 Å². The van der Waals surface area contributed by atoms with Crippen molar-refractivity contribution in [2.45, 2.75) is 46.1 Å². The zero-order chi connectivity index (χ0) is 13.3. The molecule has 0 aliphatic heterocycles. The molecule has 0 saturated heterocycles. The van der Waals surface area contributed by atoms with Gasteiger partial charge in [-0.3, -0.25) is 0 Å². The standard InChI is InChI=1S/C13H17F3O/c1-9-5-6-10(8-17-12(2,3)4)7-11(9)13(14,15)16/h5-7H,8H2,1-4H3. The van der Waals surface area contributed by atoms with Crippen molar-refractivity contribution in [1.29, 1.82) is 0 Å². The van der Waals surface area contributed by atoms with Crippen molar-refractivity contribution in [2.75, 3.05) is 0 Å². The number of ether oxygens (including phenoxy) is 1. The largest absolute Gasteiger partial charge is 0.416 e. The van der Waals surface area contributed by atoms with E-state index in [-0.39, 0.29) is 17.8 Å². The number of alkyl halides is 3. The Kier molecular flexibility index (Phi) is 3.87. The Labute approximate surface area is 99.6 Å². The van der Waals surface area contributed by atoms with Gasteiger partial charge in [-0.1, -0.05) is 12.1 Å². The maximum atomic E-state index is 12.7. The fraction of sp³-hybridized carbons (Fsp3) is 0.538. The zero-order valence-corrected chi connectivity index (χ0v) is 10.5. The Morgan fingerprint density at radius 1 is 1.12 bits per heavy atom. The van der Waals surface area contributed by atoms with Gasteiger partial charge in [-0.15, -0.1) is 0 Å². The molecule has 96 valence electrons. The molecule has 0 saturated carbocycles. The fourth-order valence-corrected chi connectivity index (χ4v) is 1.36. The number of hydrogen-bond acceptors (Lipinski definition) is 1. The van der Waals surface area contributed by atoms with Crippen molar-refractivity contribution in [2.24, 2.45) is 0 Å². The van der Waals surface area contributed by atoms with Gasteiger partial charge in [0, 0.05) is 0 Å². The zero-order valence-electron chi connectivity index (χ0n) is 10.5. The van der Waals surface area contributed by atoms with Gasteiger partial charge in [-0.25, -0.2) is 0 Å². The molecule has 1 aromatic carbocycles. The first-order chi connectivity index (χ1) is 7.59. The van der Waals surface area contributed by atoms with Crippen molar-refractivity contribution in [3.05, 3.63) is 34.9 Å². The molecule has 17 heavy (non-hydrogen) atoms. The Hall–Kier alpha value is -1.03. The second-order valence-corrected chi connectivity index (χ2v) is 5.05. The van der Waals surface area contributed by atoms with Crippen molar-refractivity contribution in [3.63, 3.8) is 0 Å². The summed E-state index contributed by atoms with van der Waals surface area (Å²) in [6, 6.07) is 4.29. The molecule has 0 bridgehead atoms. The number of rotatable bonds is 2. The van der Waals surface area contributed by atoms with Gasteiger partial charge in [0.05, 0.1) is 17.8 Å². The SMILES string of the molecule is Cc1ccc(COC(C)(C)C)cc1C(F)(F)F. The molecular weight excluding hydrogens is 229 g/mol. The summed E-state index contributed by atoms with van der Waals surface area (Å²) in [4.78, 5) is 0. The number of benzene rings is 1. The first kappa shape index (κ1) is 14.0. The Bertz CT molecular complexity index is 389. The topological polar surface area (TPSA) is 9.23 Å². The molecule has 1 nitrogen and oxygen atoms in total. The molecule has 0 aliphatic carbocycles. The first-order valence-electron chi connectivity index (χ1n) is 5.40. The molecule has 0 aliphatic rings. The van der Waals surface area contributed by atoms with Gasteiger partial charge in [-0.05, 0) is 44.9 Å². The molecule has 0 heterocycles. The predicted octanol–water partition coefficient (Wildman–Crippen LogP) is 4.33. The van der Waals surface area contributed by atoms with Crippen molar-refractivity contribution >= 4 is 0 Å². The monoisotopic (exact) mass is 246 g/mol. The molecule has 0 amide bonds. The van der Waals surface area contributed by atoms with Crippen LogP contribution < -0.4 is 0 Å². The maximum Gasteiger partial charge on any atom is 0.416 e. The minimum Gasteiger partial charge on any atom is -0.371 e. The molecule has 0 N–H and O–H groups in total. The number of aryl methyl sites for hydroxylation is 1. The molecule has 1 aromatic rings. The van der Waals surface area contributed by atoms with E-state index in [0.29, 0.717) is 5.56 Å². The van der Waals surface area contributed by atoms with Gasteiger partial charge in [0.1, 0.15) is 0 Å². The molecule has 4 heteroatoms. The Balaban J connectivity index is 2.90. The molecule has 0 aromatic heterocycles. The lowest BCUT2D eigenvalue weighted by Crippen LogP contribution is -2.19. The van der Waals surface area contributed by atoms with Crippen molar-refractivity contribution in [1.82, 2.24) is 0 Å². The highest BCUT2D eigenvalue weighted by molar-refractivity contribution is 5.33. The van der Waals surface area contributed by atoms with Gasteiger partial charge >= 0.3 is 6.18 Å². The summed E-state index contributed by atoms with van der Waals surface area (Å²) in [7, 11) is 0. The highest BCUT2D eigenvalue weighted by Gasteiger charge is 2.32. The van der Waals surface area contributed by atoms with Gasteiger partial charge in [0.2, 0.25) is 0 Å². The van der Waals surface area contributed by atoms with Gasteiger partial charge in [-0.2, -0.15) is 13.2 Å². The molecule has 0 unspecified atom stereocenters. The molecule has 1 rings (SSSR count). The van der Waals surface area contributed by atoms with Crippen LogP contribution >= 0.6 is 0 Å². The van der Waals surface area contributed by atoms with Crippen LogP contribution in [0.15, 0.2) is 18.2 Å². The van der Waals surface area contributed by atoms with Crippen LogP contribution in [-0.4, -0.2) is 5.60 Å². The second kappa shape index (κ2) is 4.69. The minimum atomic E-state index is -4.30. The Morgan fingerprint density at radius 2 is 1.71 bits per heavy atom. The maximum absolute atomic E-state index is 12.7. The van der Waals surface area contributed by atoms with Gasteiger partial charge in [0.15, 0.2) is 0 Å². The van der Waals surface area contributed by atoms with Crippen LogP contribution in [0.3, 0.4) is 0 Å². The van der Waals surface area contributed by atoms with Crippen molar-refractivity contribution in [3.8, 4) is 0 Å². The molecule has 0 atom stereocenters. The average Bonchev–Trinajstić information content (AvgIpc) is 2.13. The molecule has 0 fully saturated rings. The minimum absolute atomic E-state index is 0.187. The van der Waals surface area contributed by atoms with Gasteiger partial charge in [0.25, 0.3) is 0 Å².